The van der Waals surface area contributed by atoms with Crippen LogP contribution < -0.4 is 14.4 Å². The Bertz CT molecular complexity index is 1430. The van der Waals surface area contributed by atoms with E-state index in [1.54, 1.807) is 35.3 Å². The molecule has 3 aromatic carbocycles. The fourth-order valence-corrected chi connectivity index (χ4v) is 5.04. The molecule has 0 bridgehead atoms. The Balaban J connectivity index is 1.55. The molecule has 4 rings (SSSR count). The summed E-state index contributed by atoms with van der Waals surface area (Å²) in [5.41, 5.74) is 3.47. The first-order valence-corrected chi connectivity index (χ1v) is 13.9. The molecule has 1 heterocycles. The molecule has 206 valence electrons. The predicted octanol–water partition coefficient (Wildman–Crippen LogP) is 6.96. The van der Waals surface area contributed by atoms with E-state index in [9.17, 15) is 10.1 Å². The minimum absolute atomic E-state index is 0.0711. The van der Waals surface area contributed by atoms with Crippen molar-refractivity contribution < 1.29 is 14.3 Å². The van der Waals surface area contributed by atoms with E-state index in [1.807, 2.05) is 37.3 Å². The average molecular weight is 577 g/mol. The number of allylic oxidation sites excluding steroid dienone is 1. The summed E-state index contributed by atoms with van der Waals surface area (Å²) in [5.74, 6) is 0.794. The van der Waals surface area contributed by atoms with Crippen LogP contribution >= 0.6 is 23.2 Å². The molecule has 0 N–H and O–H groups in total. The molecular formula is C32H31Cl2N3O3. The number of ether oxygens (including phenoxy) is 2. The van der Waals surface area contributed by atoms with Gasteiger partial charge in [-0.15, -0.1) is 6.58 Å². The van der Waals surface area contributed by atoms with E-state index in [0.717, 1.165) is 16.8 Å². The number of hydrogen-bond donors (Lipinski definition) is 0. The second-order valence-electron chi connectivity index (χ2n) is 9.24. The van der Waals surface area contributed by atoms with Crippen LogP contribution in [0.1, 0.15) is 23.6 Å². The van der Waals surface area contributed by atoms with E-state index in [0.29, 0.717) is 66.3 Å². The number of nitrogens with zero attached hydrogens (tertiary/aromatic N) is 3. The molecule has 0 atom stereocenters. The van der Waals surface area contributed by atoms with Crippen LogP contribution in [0.15, 0.2) is 78.9 Å². The first-order valence-electron chi connectivity index (χ1n) is 13.1. The van der Waals surface area contributed by atoms with Gasteiger partial charge in [0.05, 0.1) is 6.61 Å². The van der Waals surface area contributed by atoms with Gasteiger partial charge in [0.25, 0.3) is 5.91 Å². The molecular weight excluding hydrogens is 545 g/mol. The van der Waals surface area contributed by atoms with Crippen molar-refractivity contribution in [1.82, 2.24) is 4.90 Å². The van der Waals surface area contributed by atoms with Crippen LogP contribution in [0, 0.1) is 11.3 Å². The topological polar surface area (TPSA) is 65.8 Å². The van der Waals surface area contributed by atoms with E-state index in [2.05, 4.69) is 29.7 Å². The lowest BCUT2D eigenvalue weighted by Gasteiger charge is -2.36. The Morgan fingerprint density at radius 1 is 1.02 bits per heavy atom. The summed E-state index contributed by atoms with van der Waals surface area (Å²) in [6, 6.07) is 21.1. The highest BCUT2D eigenvalue weighted by Gasteiger charge is 2.24. The fraction of sp³-hybridized carbons (Fsp3) is 0.250. The van der Waals surface area contributed by atoms with Crippen LogP contribution in [0.5, 0.6) is 11.5 Å². The third-order valence-electron chi connectivity index (χ3n) is 6.56. The maximum absolute atomic E-state index is 13.3. The zero-order valence-electron chi connectivity index (χ0n) is 22.4. The summed E-state index contributed by atoms with van der Waals surface area (Å²) in [7, 11) is 0. The van der Waals surface area contributed by atoms with Gasteiger partial charge in [0.2, 0.25) is 0 Å². The highest BCUT2D eigenvalue weighted by atomic mass is 35.5. The number of rotatable bonds is 10. The maximum atomic E-state index is 13.3. The van der Waals surface area contributed by atoms with Gasteiger partial charge in [-0.05, 0) is 61.4 Å². The van der Waals surface area contributed by atoms with Gasteiger partial charge in [-0.3, -0.25) is 4.79 Å². The number of nitriles is 1. The zero-order valence-corrected chi connectivity index (χ0v) is 23.9. The van der Waals surface area contributed by atoms with Crippen molar-refractivity contribution >= 4 is 40.9 Å². The van der Waals surface area contributed by atoms with Gasteiger partial charge in [0, 0.05) is 53.0 Å². The van der Waals surface area contributed by atoms with E-state index in [1.165, 1.54) is 0 Å². The SMILES string of the molecule is C=CCc1cc(/C=C(/C#N)C(=O)N2CCN(c3ccccc3)CC2)cc(OCC)c1OCc1ccc(Cl)cc1Cl. The van der Waals surface area contributed by atoms with E-state index >= 15 is 0 Å². The van der Waals surface area contributed by atoms with Crippen molar-refractivity contribution in [1.29, 1.82) is 5.26 Å². The fourth-order valence-electron chi connectivity index (χ4n) is 4.57. The zero-order chi connectivity index (χ0) is 28.5. The lowest BCUT2D eigenvalue weighted by atomic mass is 10.0. The Labute approximate surface area is 245 Å². The smallest absolute Gasteiger partial charge is 0.264 e. The van der Waals surface area contributed by atoms with Crippen LogP contribution in [0.4, 0.5) is 5.69 Å². The van der Waals surface area contributed by atoms with Gasteiger partial charge in [0.1, 0.15) is 18.2 Å². The number of piperazine rings is 1. The van der Waals surface area contributed by atoms with Gasteiger partial charge in [-0.2, -0.15) is 5.26 Å². The van der Waals surface area contributed by atoms with Crippen LogP contribution in [-0.4, -0.2) is 43.6 Å². The summed E-state index contributed by atoms with van der Waals surface area (Å²) in [4.78, 5) is 17.3. The van der Waals surface area contributed by atoms with E-state index in [4.69, 9.17) is 32.7 Å². The van der Waals surface area contributed by atoms with Crippen LogP contribution in [0.3, 0.4) is 0 Å². The van der Waals surface area contributed by atoms with E-state index in [-0.39, 0.29) is 18.1 Å². The minimum Gasteiger partial charge on any atom is -0.490 e. The van der Waals surface area contributed by atoms with Gasteiger partial charge in [0.15, 0.2) is 11.5 Å². The molecule has 0 saturated carbocycles. The normalized spacial score (nSPS) is 13.5. The number of para-hydroxylation sites is 1. The molecule has 0 spiro atoms. The minimum atomic E-state index is -0.281. The Kier molecular flexibility index (Phi) is 10.1. The molecule has 8 heteroatoms. The van der Waals surface area contributed by atoms with Crippen molar-refractivity contribution in [3.63, 3.8) is 0 Å². The van der Waals surface area contributed by atoms with Crippen molar-refractivity contribution in [3.05, 3.63) is 106 Å². The summed E-state index contributed by atoms with van der Waals surface area (Å²) in [5, 5.41) is 11.0. The maximum Gasteiger partial charge on any atom is 0.264 e. The molecule has 1 saturated heterocycles. The molecule has 0 unspecified atom stereocenters. The highest BCUT2D eigenvalue weighted by Crippen LogP contribution is 2.36. The van der Waals surface area contributed by atoms with E-state index < -0.39 is 0 Å². The predicted molar refractivity (Wildman–Crippen MR) is 161 cm³/mol. The standard InChI is InChI=1S/C32H31Cl2N3O3/c1-3-8-24-17-23(19-30(39-4-2)31(24)40-22-25-11-12-27(33)20-29(25)34)18-26(21-35)32(38)37-15-13-36(14-16-37)28-9-6-5-7-10-28/h3,5-7,9-12,17-20H,1,4,8,13-16,22H2,2H3/b26-18-. The van der Waals surface area contributed by atoms with Crippen molar-refractivity contribution in [2.75, 3.05) is 37.7 Å². The Hall–Kier alpha value is -3.92. The molecule has 1 amide bonds. The second-order valence-corrected chi connectivity index (χ2v) is 10.1. The third-order valence-corrected chi connectivity index (χ3v) is 7.14. The lowest BCUT2D eigenvalue weighted by molar-refractivity contribution is -0.126. The third kappa shape index (κ3) is 7.18. The van der Waals surface area contributed by atoms with Crippen LogP contribution in [0.25, 0.3) is 6.08 Å². The molecule has 1 fully saturated rings. The molecule has 1 aliphatic heterocycles. The molecule has 6 nitrogen and oxygen atoms in total. The van der Waals surface area contributed by atoms with Crippen LogP contribution in [0.2, 0.25) is 10.0 Å². The number of halogens is 2. The summed E-state index contributed by atoms with van der Waals surface area (Å²) in [6.45, 7) is 8.87. The van der Waals surface area contributed by atoms with Gasteiger partial charge >= 0.3 is 0 Å². The number of carbonyl (C=O) groups excluding carboxylic acids is 1. The summed E-state index contributed by atoms with van der Waals surface area (Å²) >= 11 is 12.4. The summed E-state index contributed by atoms with van der Waals surface area (Å²) in [6.07, 6.45) is 3.88. The molecule has 0 aliphatic carbocycles. The number of benzene rings is 3. The molecule has 0 radical (unpaired) electrons. The first kappa shape index (κ1) is 29.1. The van der Waals surface area contributed by atoms with Gasteiger partial charge in [-0.25, -0.2) is 0 Å². The molecule has 3 aromatic rings. The van der Waals surface area contributed by atoms with Gasteiger partial charge in [-0.1, -0.05) is 53.5 Å². The quantitative estimate of drug-likeness (QED) is 0.148. The second kappa shape index (κ2) is 13.9. The molecule has 40 heavy (non-hydrogen) atoms. The highest BCUT2D eigenvalue weighted by molar-refractivity contribution is 6.35. The van der Waals surface area contributed by atoms with Crippen molar-refractivity contribution in [3.8, 4) is 17.6 Å². The van der Waals surface area contributed by atoms with Crippen molar-refractivity contribution in [2.45, 2.75) is 20.0 Å². The Morgan fingerprint density at radius 3 is 2.42 bits per heavy atom. The number of hydrogen-bond acceptors (Lipinski definition) is 5. The van der Waals surface area contributed by atoms with Gasteiger partial charge < -0.3 is 19.3 Å². The molecule has 1 aliphatic rings. The lowest BCUT2D eigenvalue weighted by Crippen LogP contribution is -2.49. The first-order chi connectivity index (χ1) is 19.4. The van der Waals surface area contributed by atoms with Crippen LogP contribution in [-0.2, 0) is 17.8 Å². The number of anilines is 1. The largest absolute Gasteiger partial charge is 0.490 e. The summed E-state index contributed by atoms with van der Waals surface area (Å²) < 4.78 is 12.1. The average Bonchev–Trinajstić information content (AvgIpc) is 2.97. The number of carbonyl (C=O) groups is 1. The monoisotopic (exact) mass is 575 g/mol. The number of amides is 1. The van der Waals surface area contributed by atoms with Crippen molar-refractivity contribution in [2.24, 2.45) is 0 Å². The Morgan fingerprint density at radius 2 is 1.77 bits per heavy atom. The molecule has 0 aromatic heterocycles.